The minimum Gasteiger partial charge on any atom is -0.497 e. The molecule has 2 heterocycles. The van der Waals surface area contributed by atoms with Gasteiger partial charge in [0.05, 0.1) is 30.4 Å². The summed E-state index contributed by atoms with van der Waals surface area (Å²) in [5.74, 6) is -9.34. The number of rotatable bonds is 3. The highest BCUT2D eigenvalue weighted by molar-refractivity contribution is 6.09. The number of aryl methyl sites for hydroxylation is 1. The fraction of sp³-hybridized carbons (Fsp3) is 0.150. The van der Waals surface area contributed by atoms with Gasteiger partial charge in [-0.05, 0) is 25.1 Å². The van der Waals surface area contributed by atoms with E-state index in [1.165, 1.54) is 11.7 Å². The molecule has 0 unspecified atom stereocenters. The molecule has 2 aromatic carbocycles. The van der Waals surface area contributed by atoms with Crippen molar-refractivity contribution < 1.29 is 26.7 Å². The molecule has 0 atom stereocenters. The molecule has 8 heteroatoms. The van der Waals surface area contributed by atoms with Crippen molar-refractivity contribution in [2.24, 2.45) is 0 Å². The van der Waals surface area contributed by atoms with Crippen molar-refractivity contribution in [2.45, 2.75) is 13.5 Å². The molecule has 0 amide bonds. The van der Waals surface area contributed by atoms with Gasteiger partial charge in [0.25, 0.3) is 0 Å². The van der Waals surface area contributed by atoms with Crippen LogP contribution < -0.4 is 4.74 Å². The Labute approximate surface area is 156 Å². The molecule has 0 aliphatic heterocycles. The molecule has 4 rings (SSSR count). The van der Waals surface area contributed by atoms with Crippen LogP contribution >= 0.6 is 0 Å². The van der Waals surface area contributed by atoms with Crippen molar-refractivity contribution in [1.82, 2.24) is 9.55 Å². The molecule has 0 saturated carbocycles. The van der Waals surface area contributed by atoms with Crippen molar-refractivity contribution in [3.63, 3.8) is 0 Å². The molecule has 4 aromatic rings. The monoisotopic (exact) mass is 392 g/mol. The Morgan fingerprint density at radius 3 is 2.18 bits per heavy atom. The maximum Gasteiger partial charge on any atom is 0.200 e. The summed E-state index contributed by atoms with van der Waals surface area (Å²) in [5, 5.41) is 1.49. The maximum atomic E-state index is 14.3. The number of hydrogen-bond acceptors (Lipinski definition) is 2. The van der Waals surface area contributed by atoms with Crippen molar-refractivity contribution >= 4 is 21.8 Å². The molecule has 0 fully saturated rings. The van der Waals surface area contributed by atoms with Crippen molar-refractivity contribution in [3.8, 4) is 5.75 Å². The number of benzene rings is 2. The molecular weight excluding hydrogens is 379 g/mol. The zero-order valence-corrected chi connectivity index (χ0v) is 14.8. The van der Waals surface area contributed by atoms with Crippen molar-refractivity contribution in [1.29, 1.82) is 0 Å². The normalized spacial score (nSPS) is 11.5. The van der Waals surface area contributed by atoms with Gasteiger partial charge in [-0.15, -0.1) is 0 Å². The second kappa shape index (κ2) is 6.47. The van der Waals surface area contributed by atoms with Gasteiger partial charge in [-0.3, -0.25) is 4.98 Å². The minimum atomic E-state index is -2.18. The quantitative estimate of drug-likeness (QED) is 0.271. The van der Waals surface area contributed by atoms with Gasteiger partial charge in [0.15, 0.2) is 23.3 Å². The van der Waals surface area contributed by atoms with E-state index in [9.17, 15) is 22.0 Å². The van der Waals surface area contributed by atoms with E-state index in [4.69, 9.17) is 4.74 Å². The second-order valence-electron chi connectivity index (χ2n) is 6.31. The smallest absolute Gasteiger partial charge is 0.200 e. The minimum absolute atomic E-state index is 0.486. The van der Waals surface area contributed by atoms with E-state index in [0.29, 0.717) is 22.5 Å². The average Bonchev–Trinajstić information content (AvgIpc) is 3.02. The standard InChI is InChI=1S/C20H13F5N2O/c1-9-20-12(5-6-26-9)11-4-3-10(28-2)7-14(11)27(20)8-13-15(21)17(23)19(25)18(24)16(13)22/h3-7H,8H2,1-2H3. The molecule has 0 radical (unpaired) electrons. The Balaban J connectivity index is 2.06. The molecule has 0 bridgehead atoms. The highest BCUT2D eigenvalue weighted by atomic mass is 19.2. The number of ether oxygens (including phenoxy) is 1. The van der Waals surface area contributed by atoms with Gasteiger partial charge in [-0.2, -0.15) is 0 Å². The topological polar surface area (TPSA) is 27.1 Å². The third-order valence-corrected chi connectivity index (χ3v) is 4.78. The molecule has 3 nitrogen and oxygen atoms in total. The third kappa shape index (κ3) is 2.51. The molecular formula is C20H13F5N2O. The average molecular weight is 392 g/mol. The molecule has 0 spiro atoms. The van der Waals surface area contributed by atoms with Crippen molar-refractivity contribution in [3.05, 3.63) is 70.8 Å². The summed E-state index contributed by atoms with van der Waals surface area (Å²) in [6, 6.07) is 6.86. The van der Waals surface area contributed by atoms with Gasteiger partial charge in [0.2, 0.25) is 5.82 Å². The summed E-state index contributed by atoms with van der Waals surface area (Å²) in [4.78, 5) is 4.19. The van der Waals surface area contributed by atoms with Crippen LogP contribution in [-0.4, -0.2) is 16.7 Å². The predicted octanol–water partition coefficient (Wildman–Crippen LogP) is 5.25. The van der Waals surface area contributed by atoms with Gasteiger partial charge >= 0.3 is 0 Å². The van der Waals surface area contributed by atoms with E-state index in [1.807, 2.05) is 0 Å². The molecule has 0 aliphatic rings. The van der Waals surface area contributed by atoms with E-state index in [2.05, 4.69) is 4.98 Å². The number of halogens is 5. The van der Waals surface area contributed by atoms with Crippen LogP contribution in [0.5, 0.6) is 5.75 Å². The lowest BCUT2D eigenvalue weighted by Gasteiger charge is -2.12. The summed E-state index contributed by atoms with van der Waals surface area (Å²) >= 11 is 0. The Morgan fingerprint density at radius 2 is 1.54 bits per heavy atom. The van der Waals surface area contributed by atoms with Crippen LogP contribution in [0.3, 0.4) is 0 Å². The molecule has 0 aliphatic carbocycles. The highest BCUT2D eigenvalue weighted by Crippen LogP contribution is 2.34. The zero-order valence-electron chi connectivity index (χ0n) is 14.8. The summed E-state index contributed by atoms with van der Waals surface area (Å²) in [6.45, 7) is 1.14. The summed E-state index contributed by atoms with van der Waals surface area (Å²) < 4.78 is 75.9. The lowest BCUT2D eigenvalue weighted by Crippen LogP contribution is -2.11. The van der Waals surface area contributed by atoms with Crippen LogP contribution in [0.4, 0.5) is 22.0 Å². The fourth-order valence-corrected chi connectivity index (χ4v) is 3.44. The SMILES string of the molecule is COc1ccc2c3ccnc(C)c3n(Cc3c(F)c(F)c(F)c(F)c3F)c2c1. The van der Waals surface area contributed by atoms with Gasteiger partial charge in [0.1, 0.15) is 5.75 Å². The number of methoxy groups -OCH3 is 1. The van der Waals surface area contributed by atoms with Gasteiger partial charge in [-0.25, -0.2) is 22.0 Å². The Kier molecular flexibility index (Phi) is 4.21. The lowest BCUT2D eigenvalue weighted by atomic mass is 10.1. The van der Waals surface area contributed by atoms with E-state index in [0.717, 1.165) is 10.8 Å². The molecule has 2 aromatic heterocycles. The molecule has 28 heavy (non-hydrogen) atoms. The summed E-state index contributed by atoms with van der Waals surface area (Å²) in [7, 11) is 1.46. The highest BCUT2D eigenvalue weighted by Gasteiger charge is 2.27. The first kappa shape index (κ1) is 18.2. The van der Waals surface area contributed by atoms with Crippen LogP contribution in [0, 0.1) is 36.0 Å². The van der Waals surface area contributed by atoms with E-state index < -0.39 is 41.2 Å². The van der Waals surface area contributed by atoms with E-state index in [1.54, 1.807) is 37.4 Å². The molecule has 0 saturated heterocycles. The molecule has 0 N–H and O–H groups in total. The maximum absolute atomic E-state index is 14.3. The van der Waals surface area contributed by atoms with Crippen LogP contribution in [-0.2, 0) is 6.54 Å². The number of aromatic nitrogens is 2. The summed E-state index contributed by atoms with van der Waals surface area (Å²) in [5.41, 5.74) is 0.696. The van der Waals surface area contributed by atoms with Crippen LogP contribution in [0.25, 0.3) is 21.8 Å². The Bertz CT molecular complexity index is 1220. The van der Waals surface area contributed by atoms with Crippen LogP contribution in [0.15, 0.2) is 30.5 Å². The Morgan fingerprint density at radius 1 is 0.893 bits per heavy atom. The van der Waals surface area contributed by atoms with Crippen LogP contribution in [0.2, 0.25) is 0 Å². The second-order valence-corrected chi connectivity index (χ2v) is 6.31. The number of hydrogen-bond donors (Lipinski definition) is 0. The van der Waals surface area contributed by atoms with Gasteiger partial charge in [0, 0.05) is 28.6 Å². The third-order valence-electron chi connectivity index (χ3n) is 4.78. The number of fused-ring (bicyclic) bond motifs is 3. The zero-order chi connectivity index (χ0) is 20.2. The first-order chi connectivity index (χ1) is 13.3. The number of nitrogens with zero attached hydrogens (tertiary/aromatic N) is 2. The largest absolute Gasteiger partial charge is 0.497 e. The lowest BCUT2D eigenvalue weighted by molar-refractivity contribution is 0.368. The Hall–Kier alpha value is -3.16. The predicted molar refractivity (Wildman–Crippen MR) is 93.9 cm³/mol. The van der Waals surface area contributed by atoms with Crippen molar-refractivity contribution in [2.75, 3.05) is 7.11 Å². The first-order valence-electron chi connectivity index (χ1n) is 8.27. The van der Waals surface area contributed by atoms with Crippen LogP contribution in [0.1, 0.15) is 11.3 Å². The molecule has 144 valence electrons. The van der Waals surface area contributed by atoms with Gasteiger partial charge < -0.3 is 9.30 Å². The van der Waals surface area contributed by atoms with E-state index in [-0.39, 0.29) is 0 Å². The number of pyridine rings is 1. The fourth-order valence-electron chi connectivity index (χ4n) is 3.44. The first-order valence-corrected chi connectivity index (χ1v) is 8.27. The van der Waals surface area contributed by atoms with Gasteiger partial charge in [-0.1, -0.05) is 0 Å². The van der Waals surface area contributed by atoms with E-state index >= 15 is 0 Å². The summed E-state index contributed by atoms with van der Waals surface area (Å²) in [6.07, 6.45) is 1.59.